The highest BCUT2D eigenvalue weighted by atomic mass is 32.1. The molecular formula is C45H29N3O2S. The van der Waals surface area contributed by atoms with Crippen LogP contribution in [0.1, 0.15) is 29.0 Å². The van der Waals surface area contributed by atoms with Crippen molar-refractivity contribution in [3.63, 3.8) is 0 Å². The first kappa shape index (κ1) is 28.6. The molecule has 242 valence electrons. The van der Waals surface area contributed by atoms with Gasteiger partial charge in [-0.3, -0.25) is 5.32 Å². The fourth-order valence-corrected chi connectivity index (χ4v) is 8.87. The summed E-state index contributed by atoms with van der Waals surface area (Å²) in [7, 11) is 0. The molecule has 0 fully saturated rings. The molecule has 0 aliphatic carbocycles. The number of thiophene rings is 1. The molecule has 2 N–H and O–H groups in total. The number of para-hydroxylation sites is 4. The molecule has 0 saturated heterocycles. The Hall–Kier alpha value is -6.21. The van der Waals surface area contributed by atoms with Crippen molar-refractivity contribution in [1.82, 2.24) is 10.6 Å². The molecular weight excluding hydrogens is 647 g/mol. The van der Waals surface area contributed by atoms with Crippen LogP contribution in [0.2, 0.25) is 0 Å². The van der Waals surface area contributed by atoms with Crippen molar-refractivity contribution in [2.45, 2.75) is 12.3 Å². The van der Waals surface area contributed by atoms with Crippen LogP contribution < -0.4 is 10.6 Å². The molecule has 0 saturated carbocycles. The molecule has 2 atom stereocenters. The summed E-state index contributed by atoms with van der Waals surface area (Å²) < 4.78 is 16.0. The first-order valence-electron chi connectivity index (χ1n) is 17.2. The van der Waals surface area contributed by atoms with Crippen LogP contribution in [0.4, 0.5) is 0 Å². The average molecular weight is 676 g/mol. The highest BCUT2D eigenvalue weighted by molar-refractivity contribution is 7.25. The molecule has 6 heteroatoms. The van der Waals surface area contributed by atoms with E-state index in [9.17, 15) is 0 Å². The van der Waals surface area contributed by atoms with Crippen molar-refractivity contribution in [3.05, 3.63) is 168 Å². The molecule has 7 aromatic carbocycles. The van der Waals surface area contributed by atoms with E-state index in [0.29, 0.717) is 0 Å². The van der Waals surface area contributed by atoms with E-state index in [0.717, 1.165) is 77.5 Å². The van der Waals surface area contributed by atoms with E-state index < -0.39 is 0 Å². The predicted octanol–water partition coefficient (Wildman–Crippen LogP) is 11.9. The van der Waals surface area contributed by atoms with Crippen LogP contribution >= 0.6 is 11.3 Å². The maximum absolute atomic E-state index is 6.96. The molecule has 0 bridgehead atoms. The molecule has 2 unspecified atom stereocenters. The van der Waals surface area contributed by atoms with Gasteiger partial charge in [0.25, 0.3) is 0 Å². The third-order valence-corrected chi connectivity index (χ3v) is 11.3. The minimum Gasteiger partial charge on any atom is -0.455 e. The van der Waals surface area contributed by atoms with Gasteiger partial charge in [-0.1, -0.05) is 127 Å². The molecule has 1 aliphatic rings. The van der Waals surface area contributed by atoms with E-state index in [1.165, 1.54) is 20.2 Å². The van der Waals surface area contributed by atoms with Gasteiger partial charge >= 0.3 is 0 Å². The summed E-state index contributed by atoms with van der Waals surface area (Å²) in [5, 5.41) is 14.5. The molecule has 0 amide bonds. The van der Waals surface area contributed by atoms with Gasteiger partial charge in [0.1, 0.15) is 40.5 Å². The summed E-state index contributed by atoms with van der Waals surface area (Å²) in [6, 6.07) is 53.1. The minimum absolute atomic E-state index is 0.274. The number of amidine groups is 1. The number of aliphatic imine (C=N–C) groups is 1. The van der Waals surface area contributed by atoms with E-state index >= 15 is 0 Å². The first-order chi connectivity index (χ1) is 25.3. The molecule has 0 spiro atoms. The Labute approximate surface area is 296 Å². The standard InChI is InChI=1S/C45H29N3O2S/c1-2-11-26(12-3-1)43-46-44(27-23-24-39-36(25-27)29-14-5-7-22-38(29)51-39)48-45(47-43)35-20-10-19-34-33-18-9-17-32(41(33)50-42(34)35)31-16-8-15-30-28-13-4-6-21-37(28)49-40(30)31/h1-25,44-45,48H,(H,46,47). The van der Waals surface area contributed by atoms with Gasteiger partial charge in [-0.2, -0.15) is 0 Å². The van der Waals surface area contributed by atoms with Crippen molar-refractivity contribution in [3.8, 4) is 11.1 Å². The number of nitrogens with one attached hydrogen (secondary N) is 2. The zero-order chi connectivity index (χ0) is 33.5. The van der Waals surface area contributed by atoms with Gasteiger partial charge in [0.05, 0.1) is 0 Å². The van der Waals surface area contributed by atoms with E-state index in [-0.39, 0.29) is 12.3 Å². The SMILES string of the molecule is c1ccc(C2=NC(c3ccc4sc5ccccc5c4c3)NC(c3cccc4c3oc3c(-c5cccc6c5oc5ccccc56)cccc34)N2)cc1. The fraction of sp³-hybridized carbons (Fsp3) is 0.0444. The van der Waals surface area contributed by atoms with E-state index in [1.54, 1.807) is 0 Å². The van der Waals surface area contributed by atoms with Crippen LogP contribution in [0.5, 0.6) is 0 Å². The number of furan rings is 2. The third kappa shape index (κ3) is 4.47. The lowest BCUT2D eigenvalue weighted by molar-refractivity contribution is 0.408. The van der Waals surface area contributed by atoms with E-state index in [1.807, 2.05) is 29.5 Å². The molecule has 5 nitrogen and oxygen atoms in total. The second-order valence-corrected chi connectivity index (χ2v) is 14.2. The summed E-state index contributed by atoms with van der Waals surface area (Å²) in [6.45, 7) is 0. The number of rotatable bonds is 4. The third-order valence-electron chi connectivity index (χ3n) is 10.2. The number of benzene rings is 7. The summed E-state index contributed by atoms with van der Waals surface area (Å²) in [5.74, 6) is 0.838. The van der Waals surface area contributed by atoms with Crippen LogP contribution in [-0.4, -0.2) is 5.84 Å². The molecule has 10 aromatic rings. The summed E-state index contributed by atoms with van der Waals surface area (Å²) in [6.07, 6.45) is -0.556. The maximum Gasteiger partial charge on any atom is 0.143 e. The summed E-state index contributed by atoms with van der Waals surface area (Å²) in [4.78, 5) is 5.25. The molecule has 1 aliphatic heterocycles. The normalized spacial score (nSPS) is 16.4. The zero-order valence-corrected chi connectivity index (χ0v) is 28.1. The van der Waals surface area contributed by atoms with Crippen molar-refractivity contribution in [2.24, 2.45) is 4.99 Å². The van der Waals surface area contributed by atoms with Gasteiger partial charge in [0.15, 0.2) is 0 Å². The number of hydrogen-bond acceptors (Lipinski definition) is 6. The predicted molar refractivity (Wildman–Crippen MR) is 210 cm³/mol. The smallest absolute Gasteiger partial charge is 0.143 e. The lowest BCUT2D eigenvalue weighted by atomic mass is 9.99. The fourth-order valence-electron chi connectivity index (χ4n) is 7.79. The number of fused-ring (bicyclic) bond motifs is 9. The number of nitrogens with zero attached hydrogens (tertiary/aromatic N) is 1. The monoisotopic (exact) mass is 675 g/mol. The van der Waals surface area contributed by atoms with Crippen LogP contribution in [0.25, 0.3) is 75.2 Å². The van der Waals surface area contributed by atoms with Crippen LogP contribution in [0.3, 0.4) is 0 Å². The Bertz CT molecular complexity index is 3010. The summed E-state index contributed by atoms with van der Waals surface area (Å²) in [5.41, 5.74) is 8.61. The molecule has 51 heavy (non-hydrogen) atoms. The highest BCUT2D eigenvalue weighted by Gasteiger charge is 2.29. The van der Waals surface area contributed by atoms with Crippen LogP contribution in [0.15, 0.2) is 165 Å². The zero-order valence-electron chi connectivity index (χ0n) is 27.3. The largest absolute Gasteiger partial charge is 0.455 e. The van der Waals surface area contributed by atoms with Gasteiger partial charge < -0.3 is 14.2 Å². The Morgan fingerprint density at radius 3 is 2.00 bits per heavy atom. The van der Waals surface area contributed by atoms with Crippen molar-refractivity contribution < 1.29 is 8.83 Å². The topological polar surface area (TPSA) is 62.7 Å². The quantitative estimate of drug-likeness (QED) is 0.195. The lowest BCUT2D eigenvalue weighted by Crippen LogP contribution is -2.45. The van der Waals surface area contributed by atoms with Crippen LogP contribution in [0, 0.1) is 0 Å². The minimum atomic E-state index is -0.282. The second kappa shape index (κ2) is 11.2. The second-order valence-electron chi connectivity index (χ2n) is 13.1. The van der Waals surface area contributed by atoms with E-state index in [2.05, 4.69) is 144 Å². The molecule has 11 rings (SSSR count). The molecule has 4 heterocycles. The summed E-state index contributed by atoms with van der Waals surface area (Å²) >= 11 is 1.83. The van der Waals surface area contributed by atoms with Gasteiger partial charge in [0.2, 0.25) is 0 Å². The van der Waals surface area contributed by atoms with E-state index in [4.69, 9.17) is 13.8 Å². The van der Waals surface area contributed by atoms with Crippen molar-refractivity contribution in [2.75, 3.05) is 0 Å². The van der Waals surface area contributed by atoms with Gasteiger partial charge in [-0.25, -0.2) is 4.99 Å². The van der Waals surface area contributed by atoms with Crippen molar-refractivity contribution in [1.29, 1.82) is 0 Å². The Balaban J connectivity index is 1.06. The Morgan fingerprint density at radius 2 is 1.16 bits per heavy atom. The lowest BCUT2D eigenvalue weighted by Gasteiger charge is -2.32. The van der Waals surface area contributed by atoms with Gasteiger partial charge in [0, 0.05) is 64.0 Å². The number of hydrogen-bond donors (Lipinski definition) is 2. The highest BCUT2D eigenvalue weighted by Crippen LogP contribution is 2.43. The average Bonchev–Trinajstić information content (AvgIpc) is 3.89. The van der Waals surface area contributed by atoms with Crippen LogP contribution in [-0.2, 0) is 0 Å². The van der Waals surface area contributed by atoms with Gasteiger partial charge in [-0.15, -0.1) is 11.3 Å². The molecule has 0 radical (unpaired) electrons. The Kier molecular flexibility index (Phi) is 6.26. The first-order valence-corrected chi connectivity index (χ1v) is 18.0. The Morgan fingerprint density at radius 1 is 0.510 bits per heavy atom. The maximum atomic E-state index is 6.96. The molecule has 3 aromatic heterocycles. The van der Waals surface area contributed by atoms with Crippen molar-refractivity contribution >= 4 is 81.2 Å². The van der Waals surface area contributed by atoms with Gasteiger partial charge in [-0.05, 0) is 29.8 Å².